The van der Waals surface area contributed by atoms with E-state index in [2.05, 4.69) is 39.6 Å². The van der Waals surface area contributed by atoms with Gasteiger partial charge in [0.05, 0.1) is 26.2 Å². The summed E-state index contributed by atoms with van der Waals surface area (Å²) in [5.74, 6) is -0.0277. The number of hydrogen-bond donors (Lipinski definition) is 1. The lowest BCUT2D eigenvalue weighted by molar-refractivity contribution is -0.923. The summed E-state index contributed by atoms with van der Waals surface area (Å²) in [5, 5.41) is 2.98. The summed E-state index contributed by atoms with van der Waals surface area (Å²) >= 11 is 0. The Morgan fingerprint density at radius 1 is 1.22 bits per heavy atom. The maximum atomic E-state index is 11.5. The summed E-state index contributed by atoms with van der Waals surface area (Å²) in [6.07, 6.45) is 1.02. The zero-order valence-corrected chi connectivity index (χ0v) is 13.3. The van der Waals surface area contributed by atoms with Crippen LogP contribution in [0.1, 0.15) is 41.0 Å². The van der Waals surface area contributed by atoms with E-state index in [4.69, 9.17) is 0 Å². The Hall–Kier alpha value is -0.540. The first-order valence-corrected chi connectivity index (χ1v) is 6.72. The zero-order chi connectivity index (χ0) is 13.5. The lowest BCUT2D eigenvalue weighted by Crippen LogP contribution is -3.00. The molecule has 0 fully saturated rings. The third-order valence-corrected chi connectivity index (χ3v) is 3.81. The lowest BCUT2D eigenvalue weighted by Gasteiger charge is -2.36. The molecule has 0 bridgehead atoms. The van der Waals surface area contributed by atoms with Gasteiger partial charge in [0.15, 0.2) is 0 Å². The van der Waals surface area contributed by atoms with Gasteiger partial charge in [0.25, 0.3) is 0 Å². The van der Waals surface area contributed by atoms with Crippen LogP contribution in [0.25, 0.3) is 0 Å². The largest absolute Gasteiger partial charge is 1.00 e. The van der Waals surface area contributed by atoms with Crippen LogP contribution in [-0.4, -0.2) is 42.6 Å². The quantitative estimate of drug-likeness (QED) is 0.463. The molecule has 0 aliphatic heterocycles. The summed E-state index contributed by atoms with van der Waals surface area (Å²) in [4.78, 5) is 11.5. The average Bonchev–Trinajstić information content (AvgIpc) is 2.31. The minimum atomic E-state index is -0.0277. The molecule has 0 aliphatic rings. The molecule has 1 atom stereocenters. The number of amides is 1. The highest BCUT2D eigenvalue weighted by atomic mass is 35.5. The summed E-state index contributed by atoms with van der Waals surface area (Å²) in [7, 11) is 0. The summed E-state index contributed by atoms with van der Waals surface area (Å²) in [6, 6.07) is 0.223. The van der Waals surface area contributed by atoms with Crippen molar-refractivity contribution in [2.45, 2.75) is 47.1 Å². The number of halogens is 1. The van der Waals surface area contributed by atoms with Gasteiger partial charge in [0.1, 0.15) is 0 Å². The van der Waals surface area contributed by atoms with E-state index in [9.17, 15) is 4.79 Å². The van der Waals surface area contributed by atoms with E-state index >= 15 is 0 Å². The van der Waals surface area contributed by atoms with E-state index in [1.807, 2.05) is 0 Å². The Bertz CT molecular complexity index is 254. The van der Waals surface area contributed by atoms with Gasteiger partial charge in [0, 0.05) is 18.0 Å². The molecule has 3 nitrogen and oxygen atoms in total. The highest BCUT2D eigenvalue weighted by Gasteiger charge is 2.21. The van der Waals surface area contributed by atoms with Crippen molar-refractivity contribution in [3.05, 3.63) is 12.2 Å². The van der Waals surface area contributed by atoms with Gasteiger partial charge in [-0.25, -0.2) is 0 Å². The van der Waals surface area contributed by atoms with E-state index in [1.165, 1.54) is 0 Å². The Labute approximate surface area is 119 Å². The molecular formula is C14H29ClN2O. The molecule has 0 heterocycles. The minimum absolute atomic E-state index is 0. The number of quaternary nitrogens is 1. The fourth-order valence-electron chi connectivity index (χ4n) is 2.03. The maximum absolute atomic E-state index is 11.5. The Morgan fingerprint density at radius 2 is 1.67 bits per heavy atom. The van der Waals surface area contributed by atoms with Crippen molar-refractivity contribution < 1.29 is 21.7 Å². The molecule has 0 saturated carbocycles. The molecule has 0 spiro atoms. The van der Waals surface area contributed by atoms with Gasteiger partial charge < -0.3 is 22.2 Å². The highest BCUT2D eigenvalue weighted by Crippen LogP contribution is 2.08. The third-order valence-electron chi connectivity index (χ3n) is 3.81. The summed E-state index contributed by atoms with van der Waals surface area (Å²) in [6.45, 7) is 18.8. The standard InChI is InChI=1S/C14H28N2O.ClH/c1-7-16(8-2,9-3)11-10-13(6)15-14(17)12(4)5;/h13H,4,7-11H2,1-3,5-6H3;1H. The van der Waals surface area contributed by atoms with Crippen molar-refractivity contribution in [1.29, 1.82) is 0 Å². The van der Waals surface area contributed by atoms with E-state index in [1.54, 1.807) is 6.92 Å². The fraction of sp³-hybridized carbons (Fsp3) is 0.786. The first-order chi connectivity index (χ1) is 7.90. The van der Waals surface area contributed by atoms with Gasteiger partial charge in [-0.05, 0) is 34.6 Å². The number of carbonyl (C=O) groups is 1. The molecule has 0 aromatic rings. The molecule has 1 N–H and O–H groups in total. The fourth-order valence-corrected chi connectivity index (χ4v) is 2.03. The van der Waals surface area contributed by atoms with Crippen LogP contribution in [0.4, 0.5) is 0 Å². The smallest absolute Gasteiger partial charge is 0.246 e. The molecule has 4 heteroatoms. The molecule has 18 heavy (non-hydrogen) atoms. The number of carbonyl (C=O) groups excluding carboxylic acids is 1. The third kappa shape index (κ3) is 6.41. The van der Waals surface area contributed by atoms with Gasteiger partial charge in [-0.2, -0.15) is 0 Å². The zero-order valence-electron chi connectivity index (χ0n) is 12.6. The predicted molar refractivity (Wildman–Crippen MR) is 73.8 cm³/mol. The van der Waals surface area contributed by atoms with Crippen molar-refractivity contribution >= 4 is 5.91 Å². The second kappa shape index (κ2) is 9.40. The molecule has 0 radical (unpaired) electrons. The highest BCUT2D eigenvalue weighted by molar-refractivity contribution is 5.92. The molecule has 0 saturated heterocycles. The number of hydrogen-bond acceptors (Lipinski definition) is 1. The number of rotatable bonds is 8. The Balaban J connectivity index is 0. The average molecular weight is 277 g/mol. The van der Waals surface area contributed by atoms with Gasteiger partial charge in [-0.3, -0.25) is 4.79 Å². The van der Waals surface area contributed by atoms with Gasteiger partial charge >= 0.3 is 0 Å². The molecule has 0 aromatic carbocycles. The Morgan fingerprint density at radius 3 is 2.00 bits per heavy atom. The minimum Gasteiger partial charge on any atom is -1.00 e. The van der Waals surface area contributed by atoms with Gasteiger partial charge in [-0.15, -0.1) is 0 Å². The molecular weight excluding hydrogens is 248 g/mol. The van der Waals surface area contributed by atoms with E-state index in [0.29, 0.717) is 5.57 Å². The van der Waals surface area contributed by atoms with Crippen LogP contribution in [0.5, 0.6) is 0 Å². The molecule has 0 aliphatic carbocycles. The normalized spacial score (nSPS) is 12.5. The van der Waals surface area contributed by atoms with Crippen molar-refractivity contribution in [2.24, 2.45) is 0 Å². The van der Waals surface area contributed by atoms with E-state index in [0.717, 1.165) is 37.1 Å². The molecule has 1 amide bonds. The van der Waals surface area contributed by atoms with Crippen LogP contribution < -0.4 is 17.7 Å². The van der Waals surface area contributed by atoms with Crippen LogP contribution in [0.2, 0.25) is 0 Å². The van der Waals surface area contributed by atoms with E-state index in [-0.39, 0.29) is 24.4 Å². The van der Waals surface area contributed by atoms with Crippen molar-refractivity contribution in [1.82, 2.24) is 5.32 Å². The summed E-state index contributed by atoms with van der Waals surface area (Å²) in [5.41, 5.74) is 0.582. The SMILES string of the molecule is C=C(C)C(=O)NC(C)CC[N+](CC)(CC)CC.[Cl-]. The van der Waals surface area contributed by atoms with E-state index < -0.39 is 0 Å². The molecule has 108 valence electrons. The number of nitrogens with one attached hydrogen (secondary N) is 1. The monoisotopic (exact) mass is 276 g/mol. The summed E-state index contributed by atoms with van der Waals surface area (Å²) < 4.78 is 1.13. The van der Waals surface area contributed by atoms with Crippen LogP contribution in [0.3, 0.4) is 0 Å². The van der Waals surface area contributed by atoms with Gasteiger partial charge in [0.2, 0.25) is 5.91 Å². The van der Waals surface area contributed by atoms with Crippen LogP contribution in [-0.2, 0) is 4.79 Å². The van der Waals surface area contributed by atoms with Crippen molar-refractivity contribution in [3.8, 4) is 0 Å². The Kier molecular flexibility index (Phi) is 10.3. The lowest BCUT2D eigenvalue weighted by atomic mass is 10.1. The second-order valence-corrected chi connectivity index (χ2v) is 4.96. The maximum Gasteiger partial charge on any atom is 0.246 e. The molecule has 0 rings (SSSR count). The van der Waals surface area contributed by atoms with Crippen LogP contribution in [0, 0.1) is 0 Å². The topological polar surface area (TPSA) is 29.1 Å². The van der Waals surface area contributed by atoms with Crippen molar-refractivity contribution in [2.75, 3.05) is 26.2 Å². The molecule has 0 aromatic heterocycles. The predicted octanol–water partition coefficient (Wildman–Crippen LogP) is -0.662. The first kappa shape index (κ1) is 19.8. The van der Waals surface area contributed by atoms with Gasteiger partial charge in [-0.1, -0.05) is 6.58 Å². The number of nitrogens with zero attached hydrogens (tertiary/aromatic N) is 1. The second-order valence-electron chi connectivity index (χ2n) is 4.96. The van der Waals surface area contributed by atoms with Crippen LogP contribution >= 0.6 is 0 Å². The van der Waals surface area contributed by atoms with Crippen molar-refractivity contribution in [3.63, 3.8) is 0 Å². The first-order valence-electron chi connectivity index (χ1n) is 6.72. The van der Waals surface area contributed by atoms with Crippen LogP contribution in [0.15, 0.2) is 12.2 Å². The molecule has 1 unspecified atom stereocenters.